The Bertz CT molecular complexity index is 640. The number of anilines is 2. The summed E-state index contributed by atoms with van der Waals surface area (Å²) in [5.74, 6) is -0.269. The lowest BCUT2D eigenvalue weighted by Crippen LogP contribution is -2.39. The van der Waals surface area contributed by atoms with Crippen LogP contribution in [0.1, 0.15) is 24.8 Å². The van der Waals surface area contributed by atoms with Crippen molar-refractivity contribution in [3.8, 4) is 0 Å². The van der Waals surface area contributed by atoms with Crippen molar-refractivity contribution in [2.45, 2.75) is 30.9 Å². The average molecular weight is 294 g/mol. The van der Waals surface area contributed by atoms with E-state index in [4.69, 9.17) is 0 Å². The highest BCUT2D eigenvalue weighted by Gasteiger charge is 2.34. The van der Waals surface area contributed by atoms with E-state index in [1.165, 1.54) is 0 Å². The summed E-state index contributed by atoms with van der Waals surface area (Å²) in [6, 6.07) is 5.65. The third-order valence-corrected chi connectivity index (χ3v) is 6.13. The largest absolute Gasteiger partial charge is 0.384 e. The summed E-state index contributed by atoms with van der Waals surface area (Å²) >= 11 is 0. The number of nitrogens with one attached hydrogen (secondary N) is 2. The highest BCUT2D eigenvalue weighted by atomic mass is 32.2. The molecule has 1 aromatic carbocycles. The molecule has 3 rings (SSSR count). The Kier molecular flexibility index (Phi) is 3.41. The monoisotopic (exact) mass is 294 g/mol. The molecule has 2 aliphatic heterocycles. The van der Waals surface area contributed by atoms with Gasteiger partial charge in [-0.25, -0.2) is 8.42 Å². The van der Waals surface area contributed by atoms with Gasteiger partial charge in [0.1, 0.15) is 5.25 Å². The quantitative estimate of drug-likeness (QED) is 0.868. The molecule has 5 nitrogen and oxygen atoms in total. The van der Waals surface area contributed by atoms with Crippen LogP contribution >= 0.6 is 0 Å². The summed E-state index contributed by atoms with van der Waals surface area (Å²) in [4.78, 5) is 12.2. The first-order valence-corrected chi connectivity index (χ1v) is 8.67. The van der Waals surface area contributed by atoms with Crippen LogP contribution in [0.3, 0.4) is 0 Å². The first-order valence-electron chi connectivity index (χ1n) is 6.95. The maximum Gasteiger partial charge on any atom is 0.242 e. The molecule has 1 amide bonds. The maximum absolute atomic E-state index is 12.2. The first-order chi connectivity index (χ1) is 9.56. The number of hydrogen-bond donors (Lipinski definition) is 2. The molecule has 0 bridgehead atoms. The van der Waals surface area contributed by atoms with Crippen molar-refractivity contribution in [3.63, 3.8) is 0 Å². The van der Waals surface area contributed by atoms with E-state index in [1.807, 2.05) is 18.2 Å². The van der Waals surface area contributed by atoms with Gasteiger partial charge in [0.05, 0.1) is 5.75 Å². The molecule has 2 heterocycles. The molecule has 0 aliphatic carbocycles. The van der Waals surface area contributed by atoms with Crippen LogP contribution in [-0.2, 0) is 21.1 Å². The van der Waals surface area contributed by atoms with Gasteiger partial charge in [-0.2, -0.15) is 0 Å². The maximum atomic E-state index is 12.2. The molecule has 1 saturated heterocycles. The number of carbonyl (C=O) groups excluding carboxylic acids is 1. The number of fused-ring (bicyclic) bond motifs is 1. The van der Waals surface area contributed by atoms with Crippen molar-refractivity contribution in [2.75, 3.05) is 22.9 Å². The molecular weight excluding hydrogens is 276 g/mol. The second kappa shape index (κ2) is 5.09. The molecular formula is C14H18N2O3S. The van der Waals surface area contributed by atoms with E-state index >= 15 is 0 Å². The van der Waals surface area contributed by atoms with E-state index in [0.717, 1.165) is 30.6 Å². The molecule has 108 valence electrons. The zero-order valence-electron chi connectivity index (χ0n) is 11.2. The van der Waals surface area contributed by atoms with Gasteiger partial charge in [-0.15, -0.1) is 0 Å². The Morgan fingerprint density at radius 3 is 2.95 bits per heavy atom. The van der Waals surface area contributed by atoms with Gasteiger partial charge in [0.2, 0.25) is 5.91 Å². The first kappa shape index (κ1) is 13.4. The fourth-order valence-corrected chi connectivity index (χ4v) is 4.66. The van der Waals surface area contributed by atoms with Crippen molar-refractivity contribution >= 4 is 27.1 Å². The van der Waals surface area contributed by atoms with E-state index < -0.39 is 21.0 Å². The van der Waals surface area contributed by atoms with E-state index in [-0.39, 0.29) is 5.75 Å². The minimum atomic E-state index is -3.28. The van der Waals surface area contributed by atoms with E-state index in [1.54, 1.807) is 0 Å². The molecule has 20 heavy (non-hydrogen) atoms. The number of carbonyl (C=O) groups is 1. The molecule has 2 N–H and O–H groups in total. The molecule has 1 atom stereocenters. The number of benzene rings is 1. The fraction of sp³-hybridized carbons (Fsp3) is 0.500. The number of sulfone groups is 1. The lowest BCUT2D eigenvalue weighted by atomic mass is 10.1. The van der Waals surface area contributed by atoms with Crippen LogP contribution in [0.25, 0.3) is 0 Å². The zero-order valence-corrected chi connectivity index (χ0v) is 12.0. The van der Waals surface area contributed by atoms with Crippen LogP contribution < -0.4 is 10.6 Å². The molecule has 2 aliphatic rings. The van der Waals surface area contributed by atoms with Gasteiger partial charge in [-0.1, -0.05) is 6.42 Å². The molecule has 1 aromatic rings. The number of amides is 1. The third kappa shape index (κ3) is 2.52. The van der Waals surface area contributed by atoms with Crippen LogP contribution in [0, 0.1) is 0 Å². The second-order valence-electron chi connectivity index (χ2n) is 5.39. The van der Waals surface area contributed by atoms with Crippen LogP contribution in [-0.4, -0.2) is 31.9 Å². The summed E-state index contributed by atoms with van der Waals surface area (Å²) in [5.41, 5.74) is 2.93. The van der Waals surface area contributed by atoms with Gasteiger partial charge < -0.3 is 10.6 Å². The summed E-state index contributed by atoms with van der Waals surface area (Å²) < 4.78 is 23.9. The lowest BCUT2D eigenvalue weighted by molar-refractivity contribution is -0.116. The summed E-state index contributed by atoms with van der Waals surface area (Å²) in [6.07, 6.45) is 2.82. The van der Waals surface area contributed by atoms with Gasteiger partial charge in [-0.3, -0.25) is 4.79 Å². The van der Waals surface area contributed by atoms with Crippen molar-refractivity contribution in [3.05, 3.63) is 23.8 Å². The van der Waals surface area contributed by atoms with Gasteiger partial charge in [0.25, 0.3) is 0 Å². The van der Waals surface area contributed by atoms with Crippen molar-refractivity contribution in [1.82, 2.24) is 0 Å². The fourth-order valence-electron chi connectivity index (χ4n) is 2.85. The minimum absolute atomic E-state index is 0.124. The highest BCUT2D eigenvalue weighted by Crippen LogP contribution is 2.26. The topological polar surface area (TPSA) is 75.3 Å². The normalized spacial score (nSPS) is 23.7. The summed E-state index contributed by atoms with van der Waals surface area (Å²) in [7, 11) is -3.28. The Labute approximate surface area is 118 Å². The molecule has 0 spiro atoms. The van der Waals surface area contributed by atoms with E-state index in [0.29, 0.717) is 18.5 Å². The van der Waals surface area contributed by atoms with Gasteiger partial charge in [0.15, 0.2) is 9.84 Å². The Morgan fingerprint density at radius 1 is 1.30 bits per heavy atom. The molecule has 1 unspecified atom stereocenters. The van der Waals surface area contributed by atoms with Crippen LogP contribution in [0.15, 0.2) is 18.2 Å². The molecule has 0 aromatic heterocycles. The highest BCUT2D eigenvalue weighted by molar-refractivity contribution is 7.92. The van der Waals surface area contributed by atoms with Crippen LogP contribution in [0.2, 0.25) is 0 Å². The van der Waals surface area contributed by atoms with Crippen LogP contribution in [0.5, 0.6) is 0 Å². The van der Waals surface area contributed by atoms with Crippen molar-refractivity contribution in [1.29, 1.82) is 0 Å². The van der Waals surface area contributed by atoms with Gasteiger partial charge >= 0.3 is 0 Å². The zero-order chi connectivity index (χ0) is 14.2. The number of rotatable bonds is 2. The molecule has 0 radical (unpaired) electrons. The van der Waals surface area contributed by atoms with Gasteiger partial charge in [0, 0.05) is 17.9 Å². The SMILES string of the molecule is O=C(Nc1ccc2c(c1)CCN2)C1CCCCS1(=O)=O. The van der Waals surface area contributed by atoms with Crippen molar-refractivity contribution in [2.24, 2.45) is 0 Å². The smallest absolute Gasteiger partial charge is 0.242 e. The number of hydrogen-bond acceptors (Lipinski definition) is 4. The predicted octanol–water partition coefficient (Wildman–Crippen LogP) is 1.56. The Morgan fingerprint density at radius 2 is 2.15 bits per heavy atom. The van der Waals surface area contributed by atoms with Gasteiger partial charge in [-0.05, 0) is 43.0 Å². The molecule has 0 saturated carbocycles. The molecule has 6 heteroatoms. The van der Waals surface area contributed by atoms with Crippen LogP contribution in [0.4, 0.5) is 11.4 Å². The Balaban J connectivity index is 1.76. The minimum Gasteiger partial charge on any atom is -0.384 e. The summed E-state index contributed by atoms with van der Waals surface area (Å²) in [5, 5.41) is 5.11. The third-order valence-electron chi connectivity index (χ3n) is 3.95. The lowest BCUT2D eigenvalue weighted by Gasteiger charge is -2.21. The van der Waals surface area contributed by atoms with E-state index in [2.05, 4.69) is 10.6 Å². The molecule has 1 fully saturated rings. The van der Waals surface area contributed by atoms with E-state index in [9.17, 15) is 13.2 Å². The summed E-state index contributed by atoms with van der Waals surface area (Å²) in [6.45, 7) is 0.906. The average Bonchev–Trinajstić information content (AvgIpc) is 2.85. The standard InChI is InChI=1S/C14H18N2O3S/c17-14(13-3-1-2-8-20(13,18)19)16-11-4-5-12-10(9-11)6-7-15-12/h4-5,9,13,15H,1-3,6-8H2,(H,16,17). The Hall–Kier alpha value is -1.56. The van der Waals surface area contributed by atoms with Crippen molar-refractivity contribution < 1.29 is 13.2 Å². The second-order valence-corrected chi connectivity index (χ2v) is 7.69. The predicted molar refractivity (Wildman–Crippen MR) is 78.7 cm³/mol.